The van der Waals surface area contributed by atoms with Crippen molar-refractivity contribution in [2.45, 2.75) is 13.5 Å². The van der Waals surface area contributed by atoms with Crippen molar-refractivity contribution in [2.24, 2.45) is 0 Å². The van der Waals surface area contributed by atoms with Crippen LogP contribution in [0.1, 0.15) is 21.6 Å². The van der Waals surface area contributed by atoms with Gasteiger partial charge in [0.2, 0.25) is 0 Å². The van der Waals surface area contributed by atoms with E-state index >= 15 is 0 Å². The number of hydrogen-bond donors (Lipinski definition) is 1. The lowest BCUT2D eigenvalue weighted by molar-refractivity contribution is 0.0697. The van der Waals surface area contributed by atoms with Gasteiger partial charge in [0.15, 0.2) is 0 Å². The van der Waals surface area contributed by atoms with Gasteiger partial charge in [-0.2, -0.15) is 5.10 Å². The van der Waals surface area contributed by atoms with E-state index in [9.17, 15) is 9.90 Å². The number of carboxylic acid groups (broad SMARTS) is 1. The maximum absolute atomic E-state index is 11.3. The molecule has 1 aromatic heterocycles. The Morgan fingerprint density at radius 3 is 2.52 bits per heavy atom. The summed E-state index contributed by atoms with van der Waals surface area (Å²) in [6.07, 6.45) is 0. The average Bonchev–Trinajstić information content (AvgIpc) is 2.99. The first-order valence-electron chi connectivity index (χ1n) is 8.57. The molecule has 0 radical (unpaired) electrons. The summed E-state index contributed by atoms with van der Waals surface area (Å²) in [5, 5.41) is 15.4. The number of rotatable bonds is 4. The molecule has 4 rings (SSSR count). The molecule has 1 heterocycles. The molecule has 0 aliphatic carbocycles. The molecule has 0 saturated heterocycles. The second-order valence-corrected chi connectivity index (χ2v) is 6.86. The van der Waals surface area contributed by atoms with E-state index in [0.717, 1.165) is 33.3 Å². The molecule has 0 unspecified atom stereocenters. The number of aryl methyl sites for hydroxylation is 1. The topological polar surface area (TPSA) is 55.1 Å². The van der Waals surface area contributed by atoms with Crippen LogP contribution in [-0.4, -0.2) is 20.9 Å². The highest BCUT2D eigenvalue weighted by atomic mass is 35.5. The highest BCUT2D eigenvalue weighted by Crippen LogP contribution is 2.27. The van der Waals surface area contributed by atoms with E-state index in [4.69, 9.17) is 11.6 Å². The summed E-state index contributed by atoms with van der Waals surface area (Å²) < 4.78 is 1.81. The number of hydrogen-bond acceptors (Lipinski definition) is 2. The van der Waals surface area contributed by atoms with Crippen LogP contribution in [0.25, 0.3) is 22.0 Å². The summed E-state index contributed by atoms with van der Waals surface area (Å²) in [6, 6.07) is 21.1. The standard InChI is InChI=1S/C22H17ClN2O2/c1-14-19-10-9-17(22(26)27)12-21(19)25(24-14)13-18-8-7-16(11-20(18)23)15-5-3-2-4-6-15/h2-12H,13H2,1H3,(H,26,27). The Hall–Kier alpha value is -3.11. The average molecular weight is 377 g/mol. The zero-order valence-electron chi connectivity index (χ0n) is 14.7. The Labute approximate surface area is 161 Å². The molecule has 0 saturated carbocycles. The summed E-state index contributed by atoms with van der Waals surface area (Å²) in [5.74, 6) is -0.951. The van der Waals surface area contributed by atoms with Gasteiger partial charge in [-0.25, -0.2) is 4.79 Å². The number of fused-ring (bicyclic) bond motifs is 1. The predicted molar refractivity (Wildman–Crippen MR) is 107 cm³/mol. The normalized spacial score (nSPS) is 11.0. The lowest BCUT2D eigenvalue weighted by Gasteiger charge is -2.09. The van der Waals surface area contributed by atoms with E-state index in [-0.39, 0.29) is 5.56 Å². The summed E-state index contributed by atoms with van der Waals surface area (Å²) in [5.41, 5.74) is 4.99. The maximum atomic E-state index is 11.3. The molecule has 0 amide bonds. The largest absolute Gasteiger partial charge is 0.478 e. The number of carbonyl (C=O) groups is 1. The van der Waals surface area contributed by atoms with Gasteiger partial charge in [0.25, 0.3) is 0 Å². The van der Waals surface area contributed by atoms with Gasteiger partial charge < -0.3 is 5.11 Å². The van der Waals surface area contributed by atoms with Crippen LogP contribution in [0, 0.1) is 6.92 Å². The second kappa shape index (κ2) is 6.89. The highest BCUT2D eigenvalue weighted by molar-refractivity contribution is 6.31. The van der Waals surface area contributed by atoms with Crippen molar-refractivity contribution in [3.63, 3.8) is 0 Å². The van der Waals surface area contributed by atoms with E-state index in [1.54, 1.807) is 22.9 Å². The Kier molecular flexibility index (Phi) is 4.42. The molecular formula is C22H17ClN2O2. The summed E-state index contributed by atoms with van der Waals surface area (Å²) in [4.78, 5) is 11.3. The Balaban J connectivity index is 1.72. The highest BCUT2D eigenvalue weighted by Gasteiger charge is 2.13. The van der Waals surface area contributed by atoms with Crippen molar-refractivity contribution in [1.29, 1.82) is 0 Å². The molecule has 0 spiro atoms. The fourth-order valence-corrected chi connectivity index (χ4v) is 3.48. The number of aromatic carboxylic acids is 1. The molecule has 134 valence electrons. The van der Waals surface area contributed by atoms with Crippen LogP contribution >= 0.6 is 11.6 Å². The zero-order chi connectivity index (χ0) is 19.0. The van der Waals surface area contributed by atoms with Crippen LogP contribution in [0.3, 0.4) is 0 Å². The van der Waals surface area contributed by atoms with Crippen molar-refractivity contribution in [2.75, 3.05) is 0 Å². The summed E-state index contributed by atoms with van der Waals surface area (Å²) in [7, 11) is 0. The van der Waals surface area contributed by atoms with E-state index in [2.05, 4.69) is 5.10 Å². The number of benzene rings is 3. The van der Waals surface area contributed by atoms with Crippen LogP contribution in [0.2, 0.25) is 5.02 Å². The van der Waals surface area contributed by atoms with Crippen molar-refractivity contribution in [3.8, 4) is 11.1 Å². The van der Waals surface area contributed by atoms with Gasteiger partial charge in [0.05, 0.1) is 23.3 Å². The monoisotopic (exact) mass is 376 g/mol. The summed E-state index contributed by atoms with van der Waals surface area (Å²) in [6.45, 7) is 2.39. The van der Waals surface area contributed by atoms with Crippen LogP contribution < -0.4 is 0 Å². The zero-order valence-corrected chi connectivity index (χ0v) is 15.4. The lowest BCUT2D eigenvalue weighted by atomic mass is 10.0. The lowest BCUT2D eigenvalue weighted by Crippen LogP contribution is -2.03. The third-order valence-corrected chi connectivity index (χ3v) is 5.02. The number of aromatic nitrogens is 2. The first-order valence-corrected chi connectivity index (χ1v) is 8.95. The molecule has 4 aromatic rings. The third-order valence-electron chi connectivity index (χ3n) is 4.66. The van der Waals surface area contributed by atoms with Gasteiger partial charge in [0, 0.05) is 10.4 Å². The number of nitrogens with zero attached hydrogens (tertiary/aromatic N) is 2. The van der Waals surface area contributed by atoms with Gasteiger partial charge in [-0.3, -0.25) is 4.68 Å². The van der Waals surface area contributed by atoms with Crippen LogP contribution in [-0.2, 0) is 6.54 Å². The van der Waals surface area contributed by atoms with E-state index in [1.165, 1.54) is 0 Å². The molecule has 4 nitrogen and oxygen atoms in total. The van der Waals surface area contributed by atoms with Gasteiger partial charge >= 0.3 is 5.97 Å². The maximum Gasteiger partial charge on any atom is 0.335 e. The van der Waals surface area contributed by atoms with Gasteiger partial charge in [-0.05, 0) is 41.8 Å². The molecule has 0 aliphatic rings. The van der Waals surface area contributed by atoms with E-state index < -0.39 is 5.97 Å². The minimum Gasteiger partial charge on any atom is -0.478 e. The fourth-order valence-electron chi connectivity index (χ4n) is 3.24. The fraction of sp³-hybridized carbons (Fsp3) is 0.0909. The van der Waals surface area contributed by atoms with Crippen LogP contribution in [0.15, 0.2) is 66.7 Å². The third kappa shape index (κ3) is 3.32. The molecule has 3 aromatic carbocycles. The molecule has 0 atom stereocenters. The second-order valence-electron chi connectivity index (χ2n) is 6.45. The van der Waals surface area contributed by atoms with E-state index in [1.807, 2.05) is 55.5 Å². The smallest absolute Gasteiger partial charge is 0.335 e. The quantitative estimate of drug-likeness (QED) is 0.518. The van der Waals surface area contributed by atoms with Crippen molar-refractivity contribution in [3.05, 3.63) is 88.6 Å². The van der Waals surface area contributed by atoms with E-state index in [0.29, 0.717) is 11.6 Å². The molecule has 1 N–H and O–H groups in total. The molecule has 0 fully saturated rings. The molecule has 0 bridgehead atoms. The molecule has 0 aliphatic heterocycles. The van der Waals surface area contributed by atoms with Gasteiger partial charge in [-0.1, -0.05) is 60.1 Å². The Bertz CT molecular complexity index is 1150. The predicted octanol–water partition coefficient (Wildman–Crippen LogP) is 5.41. The van der Waals surface area contributed by atoms with Crippen molar-refractivity contribution >= 4 is 28.5 Å². The van der Waals surface area contributed by atoms with Crippen molar-refractivity contribution < 1.29 is 9.90 Å². The first-order chi connectivity index (χ1) is 13.0. The van der Waals surface area contributed by atoms with Crippen molar-refractivity contribution in [1.82, 2.24) is 9.78 Å². The van der Waals surface area contributed by atoms with Crippen LogP contribution in [0.5, 0.6) is 0 Å². The molecular weight excluding hydrogens is 360 g/mol. The summed E-state index contributed by atoms with van der Waals surface area (Å²) >= 11 is 6.53. The SMILES string of the molecule is Cc1nn(Cc2ccc(-c3ccccc3)cc2Cl)c2cc(C(=O)O)ccc12. The Morgan fingerprint density at radius 2 is 1.81 bits per heavy atom. The molecule has 5 heteroatoms. The first kappa shape index (κ1) is 17.3. The van der Waals surface area contributed by atoms with Crippen LogP contribution in [0.4, 0.5) is 0 Å². The minimum absolute atomic E-state index is 0.245. The number of carboxylic acids is 1. The molecule has 27 heavy (non-hydrogen) atoms. The van der Waals surface area contributed by atoms with Gasteiger partial charge in [0.1, 0.15) is 0 Å². The van der Waals surface area contributed by atoms with Gasteiger partial charge in [-0.15, -0.1) is 0 Å². The minimum atomic E-state index is -0.951. The Morgan fingerprint density at radius 1 is 1.04 bits per heavy atom. The number of halogens is 1.